The fraction of sp³-hybridized carbons (Fsp3) is 0.636. The molecule has 0 spiro atoms. The van der Waals surface area contributed by atoms with E-state index in [2.05, 4.69) is 23.7 Å². The van der Waals surface area contributed by atoms with Crippen LogP contribution < -0.4 is 4.74 Å². The van der Waals surface area contributed by atoms with Gasteiger partial charge < -0.3 is 9.64 Å². The highest BCUT2D eigenvalue weighted by atomic mass is 16.5. The van der Waals surface area contributed by atoms with Crippen molar-refractivity contribution in [2.24, 2.45) is 10.9 Å². The van der Waals surface area contributed by atoms with E-state index in [0.717, 1.165) is 69.1 Å². The molecule has 1 aromatic carbocycles. The lowest BCUT2D eigenvalue weighted by atomic mass is 9.83. The first kappa shape index (κ1) is 18.9. The predicted molar refractivity (Wildman–Crippen MR) is 107 cm³/mol. The number of carbonyl (C=O) groups is 1. The second kappa shape index (κ2) is 8.70. The average Bonchev–Trinajstić information content (AvgIpc) is 3.08. The van der Waals surface area contributed by atoms with E-state index in [1.54, 1.807) is 0 Å². The molecule has 0 fully saturated rings. The lowest BCUT2D eigenvalue weighted by Crippen LogP contribution is -2.35. The summed E-state index contributed by atoms with van der Waals surface area (Å²) in [6, 6.07) is 4.05. The summed E-state index contributed by atoms with van der Waals surface area (Å²) in [7, 11) is 0. The third-order valence-corrected chi connectivity index (χ3v) is 5.69. The summed E-state index contributed by atoms with van der Waals surface area (Å²) < 4.78 is 5.96. The minimum absolute atomic E-state index is 0.0340. The fourth-order valence-electron chi connectivity index (χ4n) is 4.11. The van der Waals surface area contributed by atoms with Gasteiger partial charge in [-0.15, -0.1) is 0 Å². The number of ketones is 1. The van der Waals surface area contributed by atoms with Gasteiger partial charge in [0.1, 0.15) is 5.75 Å². The normalized spacial score (nSPS) is 17.7. The van der Waals surface area contributed by atoms with E-state index >= 15 is 0 Å². The zero-order valence-electron chi connectivity index (χ0n) is 16.5. The minimum atomic E-state index is 0.0340. The zero-order valence-corrected chi connectivity index (χ0v) is 16.5. The van der Waals surface area contributed by atoms with Crippen LogP contribution in [0.4, 0.5) is 0 Å². The maximum absolute atomic E-state index is 13.4. The summed E-state index contributed by atoms with van der Waals surface area (Å²) >= 11 is 0. The standard InChI is InChI=1S/C22H32N2O2/c1-4-14-26-21-11-10-20(18-8-6-7-9-19(18)21)22(25)17(5-2)15-24-13-12-23-16(24)3/h10-11,17H,4-9,12-15H2,1-3H3. The molecule has 0 N–H and O–H groups in total. The lowest BCUT2D eigenvalue weighted by Gasteiger charge is -2.26. The minimum Gasteiger partial charge on any atom is -0.493 e. The third kappa shape index (κ3) is 3.94. The van der Waals surface area contributed by atoms with Crippen molar-refractivity contribution in [2.45, 2.75) is 59.3 Å². The Bertz CT molecular complexity index is 681. The van der Waals surface area contributed by atoms with Gasteiger partial charge in [-0.1, -0.05) is 13.8 Å². The Morgan fingerprint density at radius 2 is 2.00 bits per heavy atom. The molecule has 26 heavy (non-hydrogen) atoms. The number of aliphatic imine (C=N–C) groups is 1. The van der Waals surface area contributed by atoms with Crippen LogP contribution >= 0.6 is 0 Å². The van der Waals surface area contributed by atoms with Gasteiger partial charge in [-0.05, 0) is 68.7 Å². The Labute approximate surface area is 157 Å². The van der Waals surface area contributed by atoms with Crippen molar-refractivity contribution < 1.29 is 9.53 Å². The molecule has 1 heterocycles. The summed E-state index contributed by atoms with van der Waals surface area (Å²) in [4.78, 5) is 20.1. The molecule has 142 valence electrons. The number of Topliss-reactive ketones (excluding diaryl/α,β-unsaturated/α-hetero) is 1. The summed E-state index contributed by atoms with van der Waals surface area (Å²) in [5.74, 6) is 2.40. The number of ether oxygens (including phenoxy) is 1. The van der Waals surface area contributed by atoms with Gasteiger partial charge in [-0.3, -0.25) is 9.79 Å². The molecule has 1 aliphatic carbocycles. The molecule has 4 heteroatoms. The van der Waals surface area contributed by atoms with Crippen LogP contribution in [-0.4, -0.2) is 42.8 Å². The molecular weight excluding hydrogens is 324 g/mol. The first-order valence-electron chi connectivity index (χ1n) is 10.2. The molecular formula is C22H32N2O2. The van der Waals surface area contributed by atoms with Gasteiger partial charge in [0.2, 0.25) is 0 Å². The Kier molecular flexibility index (Phi) is 6.33. The Balaban J connectivity index is 1.84. The van der Waals surface area contributed by atoms with Crippen molar-refractivity contribution in [1.29, 1.82) is 0 Å². The predicted octanol–water partition coefficient (Wildman–Crippen LogP) is 4.30. The molecule has 1 aliphatic heterocycles. The van der Waals surface area contributed by atoms with Crippen molar-refractivity contribution in [3.05, 3.63) is 28.8 Å². The smallest absolute Gasteiger partial charge is 0.167 e. The van der Waals surface area contributed by atoms with Crippen LogP contribution in [-0.2, 0) is 12.8 Å². The van der Waals surface area contributed by atoms with Crippen molar-refractivity contribution in [3.63, 3.8) is 0 Å². The molecule has 1 unspecified atom stereocenters. The molecule has 4 nitrogen and oxygen atoms in total. The van der Waals surface area contributed by atoms with E-state index in [9.17, 15) is 4.79 Å². The Morgan fingerprint density at radius 3 is 2.65 bits per heavy atom. The monoisotopic (exact) mass is 356 g/mol. The van der Waals surface area contributed by atoms with Crippen molar-refractivity contribution >= 4 is 11.6 Å². The van der Waals surface area contributed by atoms with Crippen LogP contribution in [0, 0.1) is 5.92 Å². The Hall–Kier alpha value is -1.84. The third-order valence-electron chi connectivity index (χ3n) is 5.69. The summed E-state index contributed by atoms with van der Waals surface area (Å²) in [6.45, 7) is 9.62. The first-order chi connectivity index (χ1) is 12.7. The molecule has 0 radical (unpaired) electrons. The highest BCUT2D eigenvalue weighted by Gasteiger charge is 2.28. The van der Waals surface area contributed by atoms with E-state index in [0.29, 0.717) is 5.78 Å². The molecule has 1 atom stereocenters. The van der Waals surface area contributed by atoms with Crippen LogP contribution in [0.25, 0.3) is 0 Å². The van der Waals surface area contributed by atoms with Gasteiger partial charge in [0.05, 0.1) is 19.0 Å². The second-order valence-electron chi connectivity index (χ2n) is 7.47. The zero-order chi connectivity index (χ0) is 18.5. The number of rotatable bonds is 8. The molecule has 2 aliphatic rings. The average molecular weight is 357 g/mol. The molecule has 0 saturated heterocycles. The summed E-state index contributed by atoms with van der Waals surface area (Å²) in [5, 5.41) is 0. The van der Waals surface area contributed by atoms with Crippen LogP contribution in [0.1, 0.15) is 67.9 Å². The molecule has 0 bridgehead atoms. The van der Waals surface area contributed by atoms with Crippen molar-refractivity contribution in [3.8, 4) is 5.75 Å². The lowest BCUT2D eigenvalue weighted by molar-refractivity contribution is 0.0898. The maximum atomic E-state index is 13.4. The number of amidine groups is 1. The van der Waals surface area contributed by atoms with Crippen LogP contribution in [0.5, 0.6) is 5.75 Å². The van der Waals surface area contributed by atoms with Gasteiger partial charge >= 0.3 is 0 Å². The molecule has 1 aromatic rings. The summed E-state index contributed by atoms with van der Waals surface area (Å²) in [5.41, 5.74) is 3.47. The number of hydrogen-bond donors (Lipinski definition) is 0. The van der Waals surface area contributed by atoms with Gasteiger partial charge in [0.25, 0.3) is 0 Å². The van der Waals surface area contributed by atoms with E-state index in [1.165, 1.54) is 24.0 Å². The quantitative estimate of drug-likeness (QED) is 0.652. The van der Waals surface area contributed by atoms with E-state index < -0.39 is 0 Å². The van der Waals surface area contributed by atoms with E-state index in [4.69, 9.17) is 4.74 Å². The first-order valence-corrected chi connectivity index (χ1v) is 10.2. The number of benzene rings is 1. The largest absolute Gasteiger partial charge is 0.493 e. The van der Waals surface area contributed by atoms with Gasteiger partial charge in [0.15, 0.2) is 5.78 Å². The number of hydrogen-bond acceptors (Lipinski definition) is 4. The van der Waals surface area contributed by atoms with Crippen molar-refractivity contribution in [1.82, 2.24) is 4.90 Å². The van der Waals surface area contributed by atoms with E-state index in [1.807, 2.05) is 19.1 Å². The maximum Gasteiger partial charge on any atom is 0.167 e. The number of carbonyl (C=O) groups excluding carboxylic acids is 1. The number of fused-ring (bicyclic) bond motifs is 1. The SMILES string of the molecule is CCCOc1ccc(C(=O)C(CC)CN2CCN=C2C)c2c1CCCC2. The van der Waals surface area contributed by atoms with Gasteiger partial charge in [-0.2, -0.15) is 0 Å². The molecule has 0 saturated carbocycles. The fourth-order valence-corrected chi connectivity index (χ4v) is 4.11. The van der Waals surface area contributed by atoms with Gasteiger partial charge in [-0.25, -0.2) is 0 Å². The van der Waals surface area contributed by atoms with Crippen LogP contribution in [0.15, 0.2) is 17.1 Å². The van der Waals surface area contributed by atoms with Crippen LogP contribution in [0.3, 0.4) is 0 Å². The highest BCUT2D eigenvalue weighted by molar-refractivity contribution is 6.00. The number of nitrogens with zero attached hydrogens (tertiary/aromatic N) is 2. The van der Waals surface area contributed by atoms with Crippen LogP contribution in [0.2, 0.25) is 0 Å². The molecule has 0 amide bonds. The second-order valence-corrected chi connectivity index (χ2v) is 7.47. The van der Waals surface area contributed by atoms with Crippen molar-refractivity contribution in [2.75, 3.05) is 26.2 Å². The molecule has 3 rings (SSSR count). The highest BCUT2D eigenvalue weighted by Crippen LogP contribution is 2.34. The topological polar surface area (TPSA) is 41.9 Å². The Morgan fingerprint density at radius 1 is 1.23 bits per heavy atom. The van der Waals surface area contributed by atoms with Gasteiger partial charge in [0, 0.05) is 24.6 Å². The molecule has 0 aromatic heterocycles. The van der Waals surface area contributed by atoms with E-state index in [-0.39, 0.29) is 5.92 Å². The summed E-state index contributed by atoms with van der Waals surface area (Å²) in [6.07, 6.45) is 6.26.